The fourth-order valence-electron chi connectivity index (χ4n) is 2.08. The van der Waals surface area contributed by atoms with Gasteiger partial charge in [-0.05, 0) is 37.5 Å². The van der Waals surface area contributed by atoms with E-state index in [4.69, 9.17) is 14.2 Å². The first kappa shape index (κ1) is 23.8. The number of hydrogen-bond acceptors (Lipinski definition) is 4. The van der Waals surface area contributed by atoms with Gasteiger partial charge in [0.25, 0.3) is 0 Å². The van der Waals surface area contributed by atoms with Gasteiger partial charge in [-0.2, -0.15) is 0 Å². The molecule has 1 rings (SSSR count). The fraction of sp³-hybridized carbons (Fsp3) is 0.611. The number of nitrogens with zero attached hydrogens (tertiary/aromatic N) is 1. The molecule has 144 valence electrons. The Kier molecular flexibility index (Phi) is 14.3. The van der Waals surface area contributed by atoms with Crippen LogP contribution < -0.4 is 20.1 Å². The van der Waals surface area contributed by atoms with Crippen LogP contribution >= 0.6 is 24.0 Å². The first-order valence-corrected chi connectivity index (χ1v) is 8.57. The molecule has 0 heterocycles. The predicted molar refractivity (Wildman–Crippen MR) is 114 cm³/mol. The Bertz CT molecular complexity index is 498. The molecular weight excluding hydrogens is 433 g/mol. The second-order valence-corrected chi connectivity index (χ2v) is 5.24. The summed E-state index contributed by atoms with van der Waals surface area (Å²) in [6.07, 6.45) is 1.92. The summed E-state index contributed by atoms with van der Waals surface area (Å²) in [5.74, 6) is 2.31. The number of rotatable bonds is 11. The highest BCUT2D eigenvalue weighted by Gasteiger charge is 2.06. The summed E-state index contributed by atoms with van der Waals surface area (Å²) in [5, 5.41) is 6.56. The van der Waals surface area contributed by atoms with Gasteiger partial charge < -0.3 is 24.8 Å². The molecule has 0 spiro atoms. The number of ether oxygens (including phenoxy) is 3. The predicted octanol–water partition coefficient (Wildman–Crippen LogP) is 3.19. The third-order valence-corrected chi connectivity index (χ3v) is 3.34. The summed E-state index contributed by atoms with van der Waals surface area (Å²) in [6, 6.07) is 5.97. The van der Waals surface area contributed by atoms with Crippen LogP contribution in [0.3, 0.4) is 0 Å². The molecule has 0 radical (unpaired) electrons. The minimum absolute atomic E-state index is 0. The van der Waals surface area contributed by atoms with E-state index < -0.39 is 0 Å². The maximum absolute atomic E-state index is 5.67. The molecular formula is C18H32IN3O3. The zero-order valence-electron chi connectivity index (χ0n) is 15.8. The average Bonchev–Trinajstić information content (AvgIpc) is 2.62. The summed E-state index contributed by atoms with van der Waals surface area (Å²) in [4.78, 5) is 4.22. The van der Waals surface area contributed by atoms with Crippen molar-refractivity contribution in [3.8, 4) is 11.5 Å². The van der Waals surface area contributed by atoms with E-state index in [9.17, 15) is 0 Å². The number of nitrogens with one attached hydrogen (secondary N) is 2. The maximum Gasteiger partial charge on any atom is 0.191 e. The van der Waals surface area contributed by atoms with Gasteiger partial charge in [0.1, 0.15) is 0 Å². The van der Waals surface area contributed by atoms with E-state index in [0.717, 1.165) is 55.6 Å². The number of benzene rings is 1. The Hall–Kier alpha value is -1.22. The fourth-order valence-corrected chi connectivity index (χ4v) is 2.08. The molecule has 0 saturated carbocycles. The van der Waals surface area contributed by atoms with Gasteiger partial charge >= 0.3 is 0 Å². The first-order chi connectivity index (χ1) is 11.7. The van der Waals surface area contributed by atoms with E-state index in [1.165, 1.54) is 0 Å². The molecule has 7 heteroatoms. The van der Waals surface area contributed by atoms with E-state index in [2.05, 4.69) is 22.5 Å². The van der Waals surface area contributed by atoms with Crippen LogP contribution in [0.5, 0.6) is 11.5 Å². The molecule has 0 unspecified atom stereocenters. The summed E-state index contributed by atoms with van der Waals surface area (Å²) in [5.41, 5.74) is 1.10. The van der Waals surface area contributed by atoms with Gasteiger partial charge in [0.05, 0.1) is 13.7 Å². The number of halogens is 1. The highest BCUT2D eigenvalue weighted by molar-refractivity contribution is 14.0. The molecule has 1 aromatic carbocycles. The number of methoxy groups -OCH3 is 1. The van der Waals surface area contributed by atoms with Crippen LogP contribution in [-0.2, 0) is 11.3 Å². The molecule has 0 aliphatic carbocycles. The van der Waals surface area contributed by atoms with E-state index in [1.807, 2.05) is 25.1 Å². The zero-order valence-corrected chi connectivity index (χ0v) is 18.1. The Morgan fingerprint density at radius 3 is 2.56 bits per heavy atom. The molecule has 0 aromatic heterocycles. The van der Waals surface area contributed by atoms with Gasteiger partial charge in [0.15, 0.2) is 17.5 Å². The lowest BCUT2D eigenvalue weighted by Crippen LogP contribution is -2.37. The molecule has 0 saturated heterocycles. The molecule has 0 fully saturated rings. The van der Waals surface area contributed by atoms with Crippen LogP contribution in [0.25, 0.3) is 0 Å². The van der Waals surface area contributed by atoms with Crippen LogP contribution in [0.2, 0.25) is 0 Å². The molecule has 6 nitrogen and oxygen atoms in total. The second-order valence-electron chi connectivity index (χ2n) is 5.24. The maximum atomic E-state index is 5.67. The Balaban J connectivity index is 0.00000576. The number of guanidine groups is 1. The van der Waals surface area contributed by atoms with Crippen molar-refractivity contribution in [1.82, 2.24) is 10.6 Å². The lowest BCUT2D eigenvalue weighted by atomic mass is 10.2. The first-order valence-electron chi connectivity index (χ1n) is 8.57. The van der Waals surface area contributed by atoms with Gasteiger partial charge in [-0.25, -0.2) is 0 Å². The smallest absolute Gasteiger partial charge is 0.191 e. The molecule has 0 atom stereocenters. The quantitative estimate of drug-likeness (QED) is 0.228. The highest BCUT2D eigenvalue weighted by atomic mass is 127. The lowest BCUT2D eigenvalue weighted by molar-refractivity contribution is 0.145. The Morgan fingerprint density at radius 2 is 1.92 bits per heavy atom. The molecule has 0 amide bonds. The van der Waals surface area contributed by atoms with Gasteiger partial charge in [-0.3, -0.25) is 4.99 Å². The molecule has 0 aliphatic rings. The highest BCUT2D eigenvalue weighted by Crippen LogP contribution is 2.28. The normalized spacial score (nSPS) is 10.8. The summed E-state index contributed by atoms with van der Waals surface area (Å²) < 4.78 is 16.4. The second kappa shape index (κ2) is 15.1. The molecule has 2 N–H and O–H groups in total. The molecule has 0 bridgehead atoms. The third-order valence-electron chi connectivity index (χ3n) is 3.34. The largest absolute Gasteiger partial charge is 0.493 e. The van der Waals surface area contributed by atoms with Crippen molar-refractivity contribution in [3.05, 3.63) is 23.8 Å². The van der Waals surface area contributed by atoms with Crippen LogP contribution in [0.4, 0.5) is 0 Å². The topological polar surface area (TPSA) is 64.1 Å². The van der Waals surface area contributed by atoms with Crippen molar-refractivity contribution < 1.29 is 14.2 Å². The van der Waals surface area contributed by atoms with Crippen molar-refractivity contribution >= 4 is 29.9 Å². The minimum atomic E-state index is 0. The monoisotopic (exact) mass is 465 g/mol. The molecule has 1 aromatic rings. The van der Waals surface area contributed by atoms with E-state index in [1.54, 1.807) is 14.2 Å². The zero-order chi connectivity index (χ0) is 17.6. The van der Waals surface area contributed by atoms with Crippen LogP contribution in [0.15, 0.2) is 23.2 Å². The van der Waals surface area contributed by atoms with E-state index in [-0.39, 0.29) is 24.0 Å². The van der Waals surface area contributed by atoms with Crippen molar-refractivity contribution in [3.63, 3.8) is 0 Å². The van der Waals surface area contributed by atoms with Gasteiger partial charge in [-0.15, -0.1) is 24.0 Å². The summed E-state index contributed by atoms with van der Waals surface area (Å²) in [6.45, 7) is 7.77. The SMILES string of the molecule is CCCOc1ccc(CNC(=NC)NCCCOCC)cc1OC.I. The number of aliphatic imine (C=N–C) groups is 1. The van der Waals surface area contributed by atoms with Gasteiger partial charge in [-0.1, -0.05) is 13.0 Å². The minimum Gasteiger partial charge on any atom is -0.493 e. The van der Waals surface area contributed by atoms with Crippen molar-refractivity contribution in [2.24, 2.45) is 4.99 Å². The van der Waals surface area contributed by atoms with Crippen LogP contribution in [0.1, 0.15) is 32.3 Å². The average molecular weight is 465 g/mol. The van der Waals surface area contributed by atoms with E-state index in [0.29, 0.717) is 13.2 Å². The molecule has 0 aliphatic heterocycles. The standard InChI is InChI=1S/C18H31N3O3.HI/c1-5-11-24-16-9-8-15(13-17(16)22-4)14-21-18(19-3)20-10-7-12-23-6-2;/h8-9,13H,5-7,10-12,14H2,1-4H3,(H2,19,20,21);1H. The number of hydrogen-bond donors (Lipinski definition) is 2. The van der Waals surface area contributed by atoms with Gasteiger partial charge in [0.2, 0.25) is 0 Å². The third kappa shape index (κ3) is 9.74. The van der Waals surface area contributed by atoms with E-state index >= 15 is 0 Å². The van der Waals surface area contributed by atoms with Crippen LogP contribution in [0, 0.1) is 0 Å². The Morgan fingerprint density at radius 1 is 1.12 bits per heavy atom. The van der Waals surface area contributed by atoms with Gasteiger partial charge in [0, 0.05) is 33.4 Å². The van der Waals surface area contributed by atoms with Crippen molar-refractivity contribution in [2.75, 3.05) is 40.5 Å². The van der Waals surface area contributed by atoms with Crippen molar-refractivity contribution in [2.45, 2.75) is 33.2 Å². The summed E-state index contributed by atoms with van der Waals surface area (Å²) in [7, 11) is 3.42. The lowest BCUT2D eigenvalue weighted by Gasteiger charge is -2.14. The Labute approximate surface area is 168 Å². The summed E-state index contributed by atoms with van der Waals surface area (Å²) >= 11 is 0. The molecule has 25 heavy (non-hydrogen) atoms. The van der Waals surface area contributed by atoms with Crippen molar-refractivity contribution in [1.29, 1.82) is 0 Å². The van der Waals surface area contributed by atoms with Crippen LogP contribution in [-0.4, -0.2) is 46.5 Å².